The van der Waals surface area contributed by atoms with Crippen LogP contribution in [0.4, 0.5) is 17.6 Å². The highest BCUT2D eigenvalue weighted by molar-refractivity contribution is 5.94. The van der Waals surface area contributed by atoms with Gasteiger partial charge in [-0.25, -0.2) is 4.39 Å². The average Bonchev–Trinajstić information content (AvgIpc) is 2.53. The third-order valence-corrected chi connectivity index (χ3v) is 3.49. The molecule has 0 bridgehead atoms. The maximum atomic E-state index is 13.1. The number of aryl methyl sites for hydroxylation is 1. The van der Waals surface area contributed by atoms with Crippen molar-refractivity contribution < 1.29 is 27.1 Å². The summed E-state index contributed by atoms with van der Waals surface area (Å²) < 4.78 is 56.9. The van der Waals surface area contributed by atoms with E-state index in [1.807, 2.05) is 0 Å². The number of carbonyl (C=O) groups excluding carboxylic acids is 1. The van der Waals surface area contributed by atoms with Crippen molar-refractivity contribution in [1.29, 1.82) is 0 Å². The normalized spacial score (nSPS) is 11.2. The maximum Gasteiger partial charge on any atom is 0.416 e. The molecular weight excluding hydrogens is 326 g/mol. The number of alkyl halides is 3. The molecule has 3 nitrogen and oxygen atoms in total. The molecule has 7 heteroatoms. The van der Waals surface area contributed by atoms with Crippen molar-refractivity contribution in [2.45, 2.75) is 19.6 Å². The Balaban J connectivity index is 2.18. The Kier molecular flexibility index (Phi) is 5.11. The quantitative estimate of drug-likeness (QED) is 0.851. The van der Waals surface area contributed by atoms with E-state index in [4.69, 9.17) is 4.74 Å². The Morgan fingerprint density at radius 2 is 1.88 bits per heavy atom. The molecule has 0 saturated carbocycles. The van der Waals surface area contributed by atoms with E-state index in [2.05, 4.69) is 5.32 Å². The topological polar surface area (TPSA) is 38.3 Å². The number of carbonyl (C=O) groups is 1. The van der Waals surface area contributed by atoms with Crippen molar-refractivity contribution in [2.75, 3.05) is 7.11 Å². The van der Waals surface area contributed by atoms with E-state index in [1.165, 1.54) is 13.2 Å². The summed E-state index contributed by atoms with van der Waals surface area (Å²) in [7, 11) is 1.46. The van der Waals surface area contributed by atoms with Gasteiger partial charge < -0.3 is 10.1 Å². The summed E-state index contributed by atoms with van der Waals surface area (Å²) in [6.45, 7) is 1.43. The molecular formula is C17H15F4NO2. The van der Waals surface area contributed by atoms with Crippen LogP contribution < -0.4 is 10.1 Å². The smallest absolute Gasteiger partial charge is 0.416 e. The van der Waals surface area contributed by atoms with Crippen LogP contribution in [0.25, 0.3) is 0 Å². The monoisotopic (exact) mass is 341 g/mol. The predicted molar refractivity (Wildman–Crippen MR) is 80.3 cm³/mol. The van der Waals surface area contributed by atoms with E-state index in [0.717, 1.165) is 17.7 Å². The van der Waals surface area contributed by atoms with Gasteiger partial charge in [-0.15, -0.1) is 0 Å². The van der Waals surface area contributed by atoms with E-state index in [-0.39, 0.29) is 17.7 Å². The molecule has 0 aromatic heterocycles. The van der Waals surface area contributed by atoms with Crippen molar-refractivity contribution in [3.05, 3.63) is 64.5 Å². The van der Waals surface area contributed by atoms with Crippen molar-refractivity contribution >= 4 is 5.91 Å². The molecule has 0 atom stereocenters. The highest BCUT2D eigenvalue weighted by Crippen LogP contribution is 2.32. The number of benzene rings is 2. The number of methoxy groups -OCH3 is 1. The van der Waals surface area contributed by atoms with Crippen LogP contribution in [-0.4, -0.2) is 13.0 Å². The Morgan fingerprint density at radius 1 is 1.17 bits per heavy atom. The fourth-order valence-electron chi connectivity index (χ4n) is 2.21. The summed E-state index contributed by atoms with van der Waals surface area (Å²) >= 11 is 0. The molecule has 1 amide bonds. The van der Waals surface area contributed by atoms with Gasteiger partial charge in [0.1, 0.15) is 11.6 Å². The zero-order valence-electron chi connectivity index (χ0n) is 13.0. The Bertz CT molecular complexity index is 757. The molecule has 128 valence electrons. The molecule has 0 aliphatic heterocycles. The minimum absolute atomic E-state index is 0.212. The number of halogens is 4. The molecule has 2 rings (SSSR count). The van der Waals surface area contributed by atoms with Crippen molar-refractivity contribution in [1.82, 2.24) is 5.32 Å². The van der Waals surface area contributed by atoms with E-state index in [9.17, 15) is 22.4 Å². The van der Waals surface area contributed by atoms with Gasteiger partial charge in [0.25, 0.3) is 5.91 Å². The minimum atomic E-state index is -4.70. The Hall–Kier alpha value is -2.57. The van der Waals surface area contributed by atoms with Gasteiger partial charge in [0.05, 0.1) is 12.7 Å². The largest absolute Gasteiger partial charge is 0.496 e. The zero-order chi connectivity index (χ0) is 17.9. The number of nitrogens with one attached hydrogen (secondary N) is 1. The number of rotatable bonds is 4. The lowest BCUT2D eigenvalue weighted by Gasteiger charge is -2.14. The van der Waals surface area contributed by atoms with Gasteiger partial charge in [0.2, 0.25) is 0 Å². The molecule has 0 saturated heterocycles. The number of amides is 1. The van der Waals surface area contributed by atoms with Gasteiger partial charge in [0.15, 0.2) is 0 Å². The summed E-state index contributed by atoms with van der Waals surface area (Å²) in [5, 5.41) is 2.40. The summed E-state index contributed by atoms with van der Waals surface area (Å²) in [5.74, 6) is -1.04. The van der Waals surface area contributed by atoms with Gasteiger partial charge in [-0.05, 0) is 42.3 Å². The van der Waals surface area contributed by atoms with Crippen LogP contribution in [0.15, 0.2) is 36.4 Å². The summed E-state index contributed by atoms with van der Waals surface area (Å²) in [5.41, 5.74) is -0.235. The third kappa shape index (κ3) is 4.04. The Labute approximate surface area is 136 Å². The van der Waals surface area contributed by atoms with Gasteiger partial charge >= 0.3 is 6.18 Å². The first-order valence-corrected chi connectivity index (χ1v) is 7.01. The molecule has 24 heavy (non-hydrogen) atoms. The van der Waals surface area contributed by atoms with Crippen molar-refractivity contribution in [3.8, 4) is 5.75 Å². The SMILES string of the molecule is COc1cc(C(=O)NCc2ccc(F)cc2C(F)(F)F)ccc1C. The summed E-state index contributed by atoms with van der Waals surface area (Å²) in [4.78, 5) is 12.1. The summed E-state index contributed by atoms with van der Waals surface area (Å²) in [6.07, 6.45) is -4.70. The van der Waals surface area contributed by atoms with Crippen LogP contribution >= 0.6 is 0 Å². The molecule has 0 unspecified atom stereocenters. The molecule has 0 fully saturated rings. The van der Waals surface area contributed by atoms with Crippen LogP contribution in [0.5, 0.6) is 5.75 Å². The fourth-order valence-corrected chi connectivity index (χ4v) is 2.21. The second-order valence-electron chi connectivity index (χ2n) is 5.17. The second-order valence-corrected chi connectivity index (χ2v) is 5.17. The lowest BCUT2D eigenvalue weighted by Crippen LogP contribution is -2.24. The van der Waals surface area contributed by atoms with Crippen LogP contribution in [0, 0.1) is 12.7 Å². The first-order chi connectivity index (χ1) is 11.2. The number of hydrogen-bond acceptors (Lipinski definition) is 2. The van der Waals surface area contributed by atoms with E-state index in [1.54, 1.807) is 19.1 Å². The van der Waals surface area contributed by atoms with Gasteiger partial charge in [0, 0.05) is 12.1 Å². The van der Waals surface area contributed by atoms with E-state index >= 15 is 0 Å². The second kappa shape index (κ2) is 6.90. The zero-order valence-corrected chi connectivity index (χ0v) is 13.0. The number of hydrogen-bond donors (Lipinski definition) is 1. The van der Waals surface area contributed by atoms with Crippen molar-refractivity contribution in [2.24, 2.45) is 0 Å². The Morgan fingerprint density at radius 3 is 2.50 bits per heavy atom. The standard InChI is InChI=1S/C17H15F4NO2/c1-10-3-4-11(7-15(10)24-2)16(23)22-9-12-5-6-13(18)8-14(12)17(19,20)21/h3-8H,9H2,1-2H3,(H,22,23). The summed E-state index contributed by atoms with van der Waals surface area (Å²) in [6, 6.07) is 7.06. The first-order valence-electron chi connectivity index (χ1n) is 7.01. The third-order valence-electron chi connectivity index (χ3n) is 3.49. The van der Waals surface area contributed by atoms with Gasteiger partial charge in [-0.3, -0.25) is 4.79 Å². The van der Waals surface area contributed by atoms with E-state index < -0.39 is 23.5 Å². The minimum Gasteiger partial charge on any atom is -0.496 e. The highest BCUT2D eigenvalue weighted by Gasteiger charge is 2.33. The van der Waals surface area contributed by atoms with Gasteiger partial charge in [-0.1, -0.05) is 12.1 Å². The predicted octanol–water partition coefficient (Wildman–Crippen LogP) is 4.09. The molecule has 0 aliphatic rings. The molecule has 0 spiro atoms. The first kappa shape index (κ1) is 17.8. The van der Waals surface area contributed by atoms with Crippen LogP contribution in [0.1, 0.15) is 27.0 Å². The van der Waals surface area contributed by atoms with Gasteiger partial charge in [-0.2, -0.15) is 13.2 Å². The van der Waals surface area contributed by atoms with E-state index in [0.29, 0.717) is 11.8 Å². The molecule has 1 N–H and O–H groups in total. The molecule has 0 radical (unpaired) electrons. The lowest BCUT2D eigenvalue weighted by atomic mass is 10.1. The molecule has 2 aromatic rings. The number of ether oxygens (including phenoxy) is 1. The maximum absolute atomic E-state index is 13.1. The van der Waals surface area contributed by atoms with Crippen LogP contribution in [-0.2, 0) is 12.7 Å². The average molecular weight is 341 g/mol. The fraction of sp³-hybridized carbons (Fsp3) is 0.235. The van der Waals surface area contributed by atoms with Crippen LogP contribution in [0.2, 0.25) is 0 Å². The molecule has 0 heterocycles. The lowest BCUT2D eigenvalue weighted by molar-refractivity contribution is -0.138. The highest BCUT2D eigenvalue weighted by atomic mass is 19.4. The molecule has 2 aromatic carbocycles. The molecule has 0 aliphatic carbocycles. The van der Waals surface area contributed by atoms with Crippen LogP contribution in [0.3, 0.4) is 0 Å². The van der Waals surface area contributed by atoms with Crippen molar-refractivity contribution in [3.63, 3.8) is 0 Å².